The smallest absolute Gasteiger partial charge is 0.252 e. The maximum absolute atomic E-state index is 12.4. The lowest BCUT2D eigenvalue weighted by molar-refractivity contribution is 0.268. The van der Waals surface area contributed by atoms with Crippen LogP contribution in [0.3, 0.4) is 0 Å². The lowest BCUT2D eigenvalue weighted by Crippen LogP contribution is -2.47. The molecule has 104 valence electrons. The van der Waals surface area contributed by atoms with Crippen molar-refractivity contribution in [2.24, 2.45) is 11.1 Å². The van der Waals surface area contributed by atoms with Gasteiger partial charge in [-0.15, -0.1) is 11.3 Å². The van der Waals surface area contributed by atoms with Gasteiger partial charge in [0.15, 0.2) is 0 Å². The fraction of sp³-hybridized carbons (Fsp3) is 0.667. The number of hydrogen-bond donors (Lipinski definition) is 1. The molecule has 2 N–H and O–H groups in total. The van der Waals surface area contributed by atoms with Crippen LogP contribution in [0.5, 0.6) is 0 Å². The fourth-order valence-electron chi connectivity index (χ4n) is 1.43. The summed E-state index contributed by atoms with van der Waals surface area (Å²) < 4.78 is 26.6. The van der Waals surface area contributed by atoms with Gasteiger partial charge in [-0.25, -0.2) is 8.42 Å². The predicted octanol–water partition coefficient (Wildman–Crippen LogP) is 2.13. The number of sulfonamides is 1. The molecule has 0 amide bonds. The summed E-state index contributed by atoms with van der Waals surface area (Å²) in [5, 5.41) is 1.77. The van der Waals surface area contributed by atoms with Crippen LogP contribution in [0.2, 0.25) is 0 Å². The van der Waals surface area contributed by atoms with Crippen molar-refractivity contribution in [1.29, 1.82) is 0 Å². The Balaban J connectivity index is 2.92. The van der Waals surface area contributed by atoms with Crippen molar-refractivity contribution in [3.63, 3.8) is 0 Å². The minimum absolute atomic E-state index is 0.113. The third-order valence-corrected chi connectivity index (χ3v) is 6.27. The molecule has 0 aliphatic rings. The van der Waals surface area contributed by atoms with E-state index in [9.17, 15) is 8.42 Å². The Hall–Kier alpha value is -0.430. The monoisotopic (exact) mass is 290 g/mol. The van der Waals surface area contributed by atoms with E-state index >= 15 is 0 Å². The van der Waals surface area contributed by atoms with E-state index < -0.39 is 10.0 Å². The summed E-state index contributed by atoms with van der Waals surface area (Å²) in [5.41, 5.74) is 5.96. The second-order valence-electron chi connectivity index (χ2n) is 5.36. The van der Waals surface area contributed by atoms with E-state index in [1.807, 2.05) is 27.7 Å². The molecule has 0 fully saturated rings. The molecule has 0 saturated carbocycles. The quantitative estimate of drug-likeness (QED) is 0.903. The van der Waals surface area contributed by atoms with Crippen molar-refractivity contribution >= 4 is 21.4 Å². The molecule has 0 unspecified atom stereocenters. The van der Waals surface area contributed by atoms with Gasteiger partial charge in [0.25, 0.3) is 10.0 Å². The van der Waals surface area contributed by atoms with Crippen LogP contribution in [0.1, 0.15) is 27.7 Å². The van der Waals surface area contributed by atoms with Crippen molar-refractivity contribution in [3.05, 3.63) is 17.5 Å². The maximum atomic E-state index is 12.4. The van der Waals surface area contributed by atoms with Crippen molar-refractivity contribution in [3.8, 4) is 0 Å². The minimum atomic E-state index is -3.39. The summed E-state index contributed by atoms with van der Waals surface area (Å²) in [5.74, 6) is 0. The minimum Gasteiger partial charge on any atom is -0.326 e. The van der Waals surface area contributed by atoms with Gasteiger partial charge in [0.1, 0.15) is 4.21 Å². The van der Waals surface area contributed by atoms with Crippen molar-refractivity contribution in [1.82, 2.24) is 4.31 Å². The first-order valence-corrected chi connectivity index (χ1v) is 8.30. The summed E-state index contributed by atoms with van der Waals surface area (Å²) in [6.07, 6.45) is 0. The standard InChI is InChI=1S/C12H22N2O2S2/c1-5-14(9-10(13)12(2,3)4)18(15,16)11-7-6-8-17-11/h6-8,10H,5,9,13H2,1-4H3/t10-/m1/s1. The molecule has 0 radical (unpaired) electrons. The molecule has 6 heteroatoms. The highest BCUT2D eigenvalue weighted by Crippen LogP contribution is 2.24. The third-order valence-electron chi connectivity index (χ3n) is 2.95. The Labute approximate surface area is 114 Å². The number of likely N-dealkylation sites (N-methyl/N-ethyl adjacent to an activating group) is 1. The molecule has 0 aromatic carbocycles. The van der Waals surface area contributed by atoms with Crippen LogP contribution >= 0.6 is 11.3 Å². The van der Waals surface area contributed by atoms with E-state index in [4.69, 9.17) is 5.73 Å². The molecule has 0 spiro atoms. The second kappa shape index (κ2) is 5.69. The predicted molar refractivity (Wildman–Crippen MR) is 76.2 cm³/mol. The highest BCUT2D eigenvalue weighted by Gasteiger charge is 2.29. The third kappa shape index (κ3) is 3.54. The molecule has 0 aliphatic heterocycles. The number of hydrogen-bond acceptors (Lipinski definition) is 4. The molecule has 18 heavy (non-hydrogen) atoms. The van der Waals surface area contributed by atoms with Gasteiger partial charge in [0.2, 0.25) is 0 Å². The molecule has 0 aliphatic carbocycles. The van der Waals surface area contributed by atoms with Gasteiger partial charge in [0.05, 0.1) is 0 Å². The number of nitrogens with zero attached hydrogens (tertiary/aromatic N) is 1. The highest BCUT2D eigenvalue weighted by atomic mass is 32.2. The van der Waals surface area contributed by atoms with Crippen LogP contribution < -0.4 is 5.73 Å². The van der Waals surface area contributed by atoms with Crippen molar-refractivity contribution in [2.45, 2.75) is 37.9 Å². The van der Waals surface area contributed by atoms with Crippen LogP contribution in [0, 0.1) is 5.41 Å². The van der Waals surface area contributed by atoms with Gasteiger partial charge in [-0.1, -0.05) is 33.8 Å². The molecule has 1 aromatic rings. The van der Waals surface area contributed by atoms with E-state index in [1.54, 1.807) is 17.5 Å². The Morgan fingerprint density at radius 3 is 2.44 bits per heavy atom. The lowest BCUT2D eigenvalue weighted by Gasteiger charge is -2.31. The van der Waals surface area contributed by atoms with Crippen LogP contribution in [0.4, 0.5) is 0 Å². The lowest BCUT2D eigenvalue weighted by atomic mass is 9.87. The van der Waals surface area contributed by atoms with E-state index in [1.165, 1.54) is 15.6 Å². The molecule has 1 atom stereocenters. The molecular weight excluding hydrogens is 268 g/mol. The first-order chi connectivity index (χ1) is 8.19. The van der Waals surface area contributed by atoms with Gasteiger partial charge < -0.3 is 5.73 Å². The Morgan fingerprint density at radius 2 is 2.06 bits per heavy atom. The molecule has 0 bridgehead atoms. The molecule has 1 aromatic heterocycles. The van der Waals surface area contributed by atoms with E-state index in [-0.39, 0.29) is 11.5 Å². The molecule has 0 saturated heterocycles. The largest absolute Gasteiger partial charge is 0.326 e. The number of thiophene rings is 1. The molecular formula is C12H22N2O2S2. The number of rotatable bonds is 5. The van der Waals surface area contributed by atoms with Gasteiger partial charge >= 0.3 is 0 Å². The normalized spacial score (nSPS) is 15.0. The van der Waals surface area contributed by atoms with Gasteiger partial charge in [0, 0.05) is 19.1 Å². The zero-order chi connectivity index (χ0) is 14.0. The van der Waals surface area contributed by atoms with Crippen LogP contribution in [-0.2, 0) is 10.0 Å². The summed E-state index contributed by atoms with van der Waals surface area (Å²) in [6.45, 7) is 8.67. The zero-order valence-electron chi connectivity index (χ0n) is 11.4. The van der Waals surface area contributed by atoms with Crippen LogP contribution in [0.25, 0.3) is 0 Å². The second-order valence-corrected chi connectivity index (χ2v) is 8.47. The van der Waals surface area contributed by atoms with Crippen LogP contribution in [-0.4, -0.2) is 31.9 Å². The van der Waals surface area contributed by atoms with Crippen molar-refractivity contribution < 1.29 is 8.42 Å². The number of nitrogens with two attached hydrogens (primary N) is 1. The van der Waals surface area contributed by atoms with E-state index in [0.717, 1.165) is 0 Å². The molecule has 1 rings (SSSR count). The zero-order valence-corrected chi connectivity index (χ0v) is 13.0. The van der Waals surface area contributed by atoms with Crippen LogP contribution in [0.15, 0.2) is 21.7 Å². The van der Waals surface area contributed by atoms with Gasteiger partial charge in [-0.05, 0) is 16.9 Å². The Kier molecular flexibility index (Phi) is 4.94. The average Bonchev–Trinajstić information content (AvgIpc) is 2.77. The summed E-state index contributed by atoms with van der Waals surface area (Å²) in [7, 11) is -3.39. The maximum Gasteiger partial charge on any atom is 0.252 e. The Bertz CT molecular complexity index is 461. The van der Waals surface area contributed by atoms with Gasteiger partial charge in [-0.2, -0.15) is 4.31 Å². The topological polar surface area (TPSA) is 63.4 Å². The Morgan fingerprint density at radius 1 is 1.44 bits per heavy atom. The fourth-order valence-corrected chi connectivity index (χ4v) is 4.05. The SMILES string of the molecule is CCN(C[C@@H](N)C(C)(C)C)S(=O)(=O)c1cccs1. The molecule has 1 heterocycles. The summed E-state index contributed by atoms with van der Waals surface area (Å²) in [6, 6.07) is 3.19. The first kappa shape index (κ1) is 15.6. The van der Waals surface area contributed by atoms with Gasteiger partial charge in [-0.3, -0.25) is 0 Å². The average molecular weight is 290 g/mol. The molecule has 4 nitrogen and oxygen atoms in total. The summed E-state index contributed by atoms with van der Waals surface area (Å²) in [4.78, 5) is 0. The van der Waals surface area contributed by atoms with E-state index in [2.05, 4.69) is 0 Å². The summed E-state index contributed by atoms with van der Waals surface area (Å²) >= 11 is 1.24. The highest BCUT2D eigenvalue weighted by molar-refractivity contribution is 7.91. The van der Waals surface area contributed by atoms with E-state index in [0.29, 0.717) is 17.3 Å². The first-order valence-electron chi connectivity index (χ1n) is 5.99. The van der Waals surface area contributed by atoms with Crippen molar-refractivity contribution in [2.75, 3.05) is 13.1 Å².